The molecular formula is C29H32O. The zero-order valence-electron chi connectivity index (χ0n) is 18.4. The largest absolute Gasteiger partial charge is 0.294 e. The van der Waals surface area contributed by atoms with Crippen LogP contribution in [0, 0.1) is 11.3 Å². The monoisotopic (exact) mass is 396 g/mol. The van der Waals surface area contributed by atoms with Gasteiger partial charge in [0.05, 0.1) is 0 Å². The van der Waals surface area contributed by atoms with Crippen LogP contribution in [-0.2, 0) is 6.42 Å². The predicted octanol–water partition coefficient (Wildman–Crippen LogP) is 7.98. The van der Waals surface area contributed by atoms with Crippen LogP contribution in [0.4, 0.5) is 0 Å². The molecule has 1 aliphatic rings. The molecule has 0 spiro atoms. The predicted molar refractivity (Wildman–Crippen MR) is 127 cm³/mol. The van der Waals surface area contributed by atoms with Crippen molar-refractivity contribution in [2.24, 2.45) is 11.3 Å². The fourth-order valence-electron chi connectivity index (χ4n) is 5.03. The first-order valence-electron chi connectivity index (χ1n) is 11.3. The molecule has 0 N–H and O–H groups in total. The number of unbranched alkanes of at least 4 members (excludes halogenated alkanes) is 1. The van der Waals surface area contributed by atoms with Gasteiger partial charge in [-0.25, -0.2) is 0 Å². The van der Waals surface area contributed by atoms with Gasteiger partial charge in [-0.2, -0.15) is 0 Å². The smallest absolute Gasteiger partial charge is 0.166 e. The number of rotatable bonds is 7. The molecule has 1 aliphatic carbocycles. The highest BCUT2D eigenvalue weighted by atomic mass is 16.1. The maximum Gasteiger partial charge on any atom is 0.166 e. The third kappa shape index (κ3) is 4.12. The van der Waals surface area contributed by atoms with E-state index in [1.165, 1.54) is 47.1 Å². The molecular weight excluding hydrogens is 364 g/mol. The van der Waals surface area contributed by atoms with Crippen LogP contribution < -0.4 is 0 Å². The van der Waals surface area contributed by atoms with Crippen molar-refractivity contribution >= 4 is 5.78 Å². The summed E-state index contributed by atoms with van der Waals surface area (Å²) in [4.78, 5) is 13.3. The molecule has 4 rings (SSSR count). The number of Topliss-reactive ketones (excluding diaryl/α,β-unsaturated/α-hetero) is 1. The summed E-state index contributed by atoms with van der Waals surface area (Å²) in [6.45, 7) is 6.89. The Bertz CT molecular complexity index is 1030. The van der Waals surface area contributed by atoms with Gasteiger partial charge in [0.15, 0.2) is 5.78 Å². The van der Waals surface area contributed by atoms with Crippen molar-refractivity contribution in [1.29, 1.82) is 0 Å². The van der Waals surface area contributed by atoms with Gasteiger partial charge in [-0.1, -0.05) is 106 Å². The number of hydrogen-bond donors (Lipinski definition) is 0. The second-order valence-electron chi connectivity index (χ2n) is 9.48. The number of carbonyl (C=O) groups excluding carboxylic acids is 1. The molecule has 0 heterocycles. The van der Waals surface area contributed by atoms with E-state index in [1.807, 2.05) is 6.07 Å². The summed E-state index contributed by atoms with van der Waals surface area (Å²) in [7, 11) is 0. The molecule has 0 aromatic heterocycles. The van der Waals surface area contributed by atoms with Crippen molar-refractivity contribution in [2.75, 3.05) is 0 Å². The summed E-state index contributed by atoms with van der Waals surface area (Å²) < 4.78 is 0. The van der Waals surface area contributed by atoms with E-state index in [-0.39, 0.29) is 11.3 Å². The highest BCUT2D eigenvalue weighted by Crippen LogP contribution is 2.43. The number of ketones is 1. The molecule has 0 aliphatic heterocycles. The Morgan fingerprint density at radius 3 is 2.17 bits per heavy atom. The van der Waals surface area contributed by atoms with Crippen LogP contribution in [0.15, 0.2) is 72.8 Å². The molecule has 1 unspecified atom stereocenters. The van der Waals surface area contributed by atoms with E-state index in [0.717, 1.165) is 18.4 Å². The van der Waals surface area contributed by atoms with E-state index in [4.69, 9.17) is 0 Å². The van der Waals surface area contributed by atoms with E-state index < -0.39 is 0 Å². The molecule has 1 atom stereocenters. The van der Waals surface area contributed by atoms with Crippen molar-refractivity contribution in [3.8, 4) is 22.3 Å². The summed E-state index contributed by atoms with van der Waals surface area (Å²) in [6.07, 6.45) is 5.47. The van der Waals surface area contributed by atoms with Gasteiger partial charge in [-0.05, 0) is 52.5 Å². The van der Waals surface area contributed by atoms with Crippen molar-refractivity contribution in [3.05, 3.63) is 83.9 Å². The number of fused-ring (bicyclic) bond motifs is 1. The van der Waals surface area contributed by atoms with E-state index >= 15 is 0 Å². The van der Waals surface area contributed by atoms with Crippen LogP contribution in [-0.4, -0.2) is 5.78 Å². The molecule has 0 radical (unpaired) electrons. The molecule has 0 amide bonds. The number of carbonyl (C=O) groups is 1. The minimum absolute atomic E-state index is 0.108. The van der Waals surface area contributed by atoms with Crippen molar-refractivity contribution in [1.82, 2.24) is 0 Å². The van der Waals surface area contributed by atoms with Gasteiger partial charge in [0.1, 0.15) is 0 Å². The van der Waals surface area contributed by atoms with Crippen LogP contribution in [0.2, 0.25) is 0 Å². The zero-order chi connectivity index (χ0) is 21.1. The summed E-state index contributed by atoms with van der Waals surface area (Å²) in [5.74, 6) is 0.450. The molecule has 0 saturated carbocycles. The van der Waals surface area contributed by atoms with Gasteiger partial charge in [0.2, 0.25) is 0 Å². The molecule has 154 valence electrons. The van der Waals surface area contributed by atoms with Crippen LogP contribution >= 0.6 is 0 Å². The topological polar surface area (TPSA) is 17.1 Å². The highest BCUT2D eigenvalue weighted by molar-refractivity contribution is 6.04. The minimum atomic E-state index is 0.108. The summed E-state index contributed by atoms with van der Waals surface area (Å²) in [5.41, 5.74) is 7.26. The van der Waals surface area contributed by atoms with Crippen molar-refractivity contribution in [2.45, 2.75) is 52.9 Å². The molecule has 1 heteroatoms. The van der Waals surface area contributed by atoms with Crippen molar-refractivity contribution in [3.63, 3.8) is 0 Å². The average molecular weight is 397 g/mol. The van der Waals surface area contributed by atoms with Crippen LogP contribution in [0.1, 0.15) is 62.4 Å². The summed E-state index contributed by atoms with van der Waals surface area (Å²) >= 11 is 0. The van der Waals surface area contributed by atoms with Gasteiger partial charge < -0.3 is 0 Å². The second kappa shape index (κ2) is 8.60. The Kier molecular flexibility index (Phi) is 5.90. The molecule has 0 bridgehead atoms. The molecule has 3 aromatic carbocycles. The van der Waals surface area contributed by atoms with E-state index in [0.29, 0.717) is 5.78 Å². The Labute approximate surface area is 181 Å². The highest BCUT2D eigenvalue weighted by Gasteiger charge is 2.36. The third-order valence-corrected chi connectivity index (χ3v) is 6.57. The maximum atomic E-state index is 13.3. The minimum Gasteiger partial charge on any atom is -0.294 e. The Morgan fingerprint density at radius 1 is 0.800 bits per heavy atom. The van der Waals surface area contributed by atoms with Gasteiger partial charge in [0.25, 0.3) is 0 Å². The molecule has 0 saturated heterocycles. The Hall–Kier alpha value is -2.67. The van der Waals surface area contributed by atoms with Crippen LogP contribution in [0.25, 0.3) is 22.3 Å². The molecule has 1 nitrogen and oxygen atoms in total. The molecule has 0 fully saturated rings. The molecule has 30 heavy (non-hydrogen) atoms. The Morgan fingerprint density at radius 2 is 1.43 bits per heavy atom. The van der Waals surface area contributed by atoms with E-state index in [2.05, 4.69) is 87.5 Å². The fourth-order valence-corrected chi connectivity index (χ4v) is 5.03. The van der Waals surface area contributed by atoms with Crippen LogP contribution in [0.3, 0.4) is 0 Å². The van der Waals surface area contributed by atoms with Gasteiger partial charge in [0, 0.05) is 11.5 Å². The van der Waals surface area contributed by atoms with Gasteiger partial charge in [-0.15, -0.1) is 0 Å². The third-order valence-electron chi connectivity index (χ3n) is 6.57. The lowest BCUT2D eigenvalue weighted by Crippen LogP contribution is -2.21. The normalized spacial score (nSPS) is 16.0. The second-order valence-corrected chi connectivity index (χ2v) is 9.48. The maximum absolute atomic E-state index is 13.3. The SMILES string of the molecule is CCCCC(C)(C)CC1Cc2c(cccc2-c2ccccc2-c2ccccc2)C1=O. The average Bonchev–Trinajstić information content (AvgIpc) is 3.08. The summed E-state index contributed by atoms with van der Waals surface area (Å²) in [5, 5.41) is 0. The number of hydrogen-bond acceptors (Lipinski definition) is 1. The quantitative estimate of drug-likeness (QED) is 0.395. The first kappa shape index (κ1) is 20.6. The van der Waals surface area contributed by atoms with Gasteiger partial charge >= 0.3 is 0 Å². The number of benzene rings is 3. The lowest BCUT2D eigenvalue weighted by atomic mass is 9.77. The lowest BCUT2D eigenvalue weighted by Gasteiger charge is -2.27. The van der Waals surface area contributed by atoms with Crippen LogP contribution in [0.5, 0.6) is 0 Å². The Balaban J connectivity index is 1.70. The summed E-state index contributed by atoms with van der Waals surface area (Å²) in [6, 6.07) is 25.4. The standard InChI is InChI=1S/C29H32O/c1-4-5-18-29(2,3)20-22-19-27-25(16-11-17-26(27)28(22)30)24-15-10-9-14-23(24)21-12-7-6-8-13-21/h6-17,22H,4-5,18-20H2,1-3H3. The van der Waals surface area contributed by atoms with E-state index in [9.17, 15) is 4.79 Å². The van der Waals surface area contributed by atoms with Crippen molar-refractivity contribution < 1.29 is 4.79 Å². The van der Waals surface area contributed by atoms with Gasteiger partial charge in [-0.3, -0.25) is 4.79 Å². The fraction of sp³-hybridized carbons (Fsp3) is 0.345. The lowest BCUT2D eigenvalue weighted by molar-refractivity contribution is 0.0893. The first-order valence-corrected chi connectivity index (χ1v) is 11.3. The first-order chi connectivity index (χ1) is 14.5. The van der Waals surface area contributed by atoms with E-state index in [1.54, 1.807) is 0 Å². The zero-order valence-corrected chi connectivity index (χ0v) is 18.4. The molecule has 3 aromatic rings.